The van der Waals surface area contributed by atoms with Crippen molar-refractivity contribution in [1.82, 2.24) is 24.8 Å². The molecule has 2 aliphatic heterocycles. The second-order valence-electron chi connectivity index (χ2n) is 11.1. The lowest BCUT2D eigenvalue weighted by molar-refractivity contribution is -0.146. The van der Waals surface area contributed by atoms with Crippen molar-refractivity contribution in [3.05, 3.63) is 47.9 Å². The minimum Gasteiger partial charge on any atom is -0.472 e. The highest BCUT2D eigenvalue weighted by molar-refractivity contribution is 6.28. The number of nitriles is 1. The molecule has 1 aliphatic carbocycles. The van der Waals surface area contributed by atoms with Crippen LogP contribution in [-0.4, -0.2) is 79.8 Å². The number of amides is 3. The zero-order chi connectivity index (χ0) is 29.6. The molecule has 13 heteroatoms. The molecule has 2 aromatic heterocycles. The summed E-state index contributed by atoms with van der Waals surface area (Å²) in [6.45, 7) is 1.57. The lowest BCUT2D eigenvalue weighted by Gasteiger charge is -2.35. The first kappa shape index (κ1) is 27.7. The number of benzene rings is 1. The molecule has 0 bridgehead atoms. The first-order valence-electron chi connectivity index (χ1n) is 13.8. The number of hydrogen-bond acceptors (Lipinski definition) is 9. The van der Waals surface area contributed by atoms with Gasteiger partial charge >= 0.3 is 0 Å². The summed E-state index contributed by atoms with van der Waals surface area (Å²) in [6.07, 6.45) is 3.92. The zero-order valence-electron chi connectivity index (χ0n) is 23.1. The Labute approximate surface area is 247 Å². The zero-order valence-corrected chi connectivity index (χ0v) is 23.8. The molecular formula is C29H29ClN8O4. The fraction of sp³-hybridized carbons (Fsp3) is 0.414. The van der Waals surface area contributed by atoms with Crippen molar-refractivity contribution < 1.29 is 19.1 Å². The van der Waals surface area contributed by atoms with Crippen molar-refractivity contribution in [2.75, 3.05) is 24.2 Å². The summed E-state index contributed by atoms with van der Waals surface area (Å²) >= 11 is 6.13. The molecule has 4 heterocycles. The minimum atomic E-state index is -1.43. The Balaban J connectivity index is 1.23. The molecule has 216 valence electrons. The van der Waals surface area contributed by atoms with Gasteiger partial charge in [0, 0.05) is 25.1 Å². The van der Waals surface area contributed by atoms with Crippen LogP contribution in [0, 0.1) is 17.2 Å². The number of anilines is 2. The fourth-order valence-corrected chi connectivity index (χ4v) is 5.85. The van der Waals surface area contributed by atoms with Crippen LogP contribution in [0.3, 0.4) is 0 Å². The van der Waals surface area contributed by atoms with Crippen molar-refractivity contribution >= 4 is 51.9 Å². The second-order valence-corrected chi connectivity index (χ2v) is 11.4. The monoisotopic (exact) mass is 588 g/mol. The number of pyridine rings is 1. The maximum atomic E-state index is 14.1. The quantitative estimate of drug-likeness (QED) is 0.396. The topological polar surface area (TPSA) is 153 Å². The average molecular weight is 589 g/mol. The van der Waals surface area contributed by atoms with E-state index in [9.17, 15) is 19.6 Å². The number of fused-ring (bicyclic) bond motifs is 2. The molecule has 3 aliphatic rings. The first-order valence-corrected chi connectivity index (χ1v) is 14.2. The first-order chi connectivity index (χ1) is 20.2. The van der Waals surface area contributed by atoms with Gasteiger partial charge < -0.3 is 25.2 Å². The lowest BCUT2D eigenvalue weighted by atomic mass is 9.97. The molecule has 2 fully saturated rings. The maximum absolute atomic E-state index is 14.1. The van der Waals surface area contributed by atoms with Gasteiger partial charge in [-0.2, -0.15) is 5.26 Å². The van der Waals surface area contributed by atoms with E-state index in [2.05, 4.69) is 31.7 Å². The Hall–Kier alpha value is -4.50. The van der Waals surface area contributed by atoms with Gasteiger partial charge in [-0.1, -0.05) is 25.0 Å². The largest absolute Gasteiger partial charge is 0.472 e. The average Bonchev–Trinajstić information content (AvgIpc) is 3.73. The molecule has 0 radical (unpaired) electrons. The van der Waals surface area contributed by atoms with Gasteiger partial charge in [0.1, 0.15) is 23.9 Å². The number of carbonyl (C=O) groups excluding carboxylic acids is 3. The molecule has 2 N–H and O–H groups in total. The van der Waals surface area contributed by atoms with Crippen LogP contribution in [-0.2, 0) is 14.4 Å². The number of halogens is 1. The van der Waals surface area contributed by atoms with E-state index in [0.717, 1.165) is 12.8 Å². The van der Waals surface area contributed by atoms with Gasteiger partial charge in [-0.05, 0) is 55.1 Å². The van der Waals surface area contributed by atoms with Crippen LogP contribution >= 0.6 is 11.6 Å². The molecule has 1 spiro atoms. The number of rotatable bonds is 7. The van der Waals surface area contributed by atoms with Crippen LogP contribution in [0.5, 0.6) is 5.75 Å². The summed E-state index contributed by atoms with van der Waals surface area (Å²) < 4.78 is 6.10. The number of nitrogens with zero attached hydrogens (tertiary/aromatic N) is 6. The van der Waals surface area contributed by atoms with E-state index in [1.54, 1.807) is 32.2 Å². The Morgan fingerprint density at radius 3 is 2.83 bits per heavy atom. The third-order valence-corrected chi connectivity index (χ3v) is 8.30. The van der Waals surface area contributed by atoms with Gasteiger partial charge in [0.15, 0.2) is 11.6 Å². The summed E-state index contributed by atoms with van der Waals surface area (Å²) in [5, 5.41) is 16.6. The number of aromatic nitrogens is 3. The van der Waals surface area contributed by atoms with Gasteiger partial charge in [-0.3, -0.25) is 14.4 Å². The molecule has 4 atom stereocenters. The molecule has 4 unspecified atom stereocenters. The molecular weight excluding hydrogens is 560 g/mol. The lowest BCUT2D eigenvalue weighted by Crippen LogP contribution is -2.56. The number of hydrogen-bond donors (Lipinski definition) is 2. The molecule has 3 amide bonds. The smallest absolute Gasteiger partial charge is 0.271 e. The van der Waals surface area contributed by atoms with Crippen LogP contribution in [0.15, 0.2) is 42.6 Å². The van der Waals surface area contributed by atoms with Gasteiger partial charge in [0.05, 0.1) is 18.1 Å². The molecule has 12 nitrogen and oxygen atoms in total. The Kier molecular flexibility index (Phi) is 7.06. The van der Waals surface area contributed by atoms with Crippen LogP contribution < -0.4 is 15.4 Å². The second kappa shape index (κ2) is 10.7. The van der Waals surface area contributed by atoms with Crippen LogP contribution in [0.4, 0.5) is 11.6 Å². The summed E-state index contributed by atoms with van der Waals surface area (Å²) in [5.74, 6) is 0.197. The Bertz CT molecular complexity index is 1620. The van der Waals surface area contributed by atoms with Gasteiger partial charge in [0.25, 0.3) is 5.91 Å². The fourth-order valence-electron chi connectivity index (χ4n) is 5.67. The third-order valence-electron chi connectivity index (χ3n) is 8.13. The number of carbonyl (C=O) groups is 3. The summed E-state index contributed by atoms with van der Waals surface area (Å²) in [5.41, 5.74) is -0.797. The van der Waals surface area contributed by atoms with E-state index in [4.69, 9.17) is 16.3 Å². The van der Waals surface area contributed by atoms with Crippen LogP contribution in [0.25, 0.3) is 10.9 Å². The summed E-state index contributed by atoms with van der Waals surface area (Å²) in [7, 11) is 1.59. The van der Waals surface area contributed by atoms with E-state index in [0.29, 0.717) is 40.6 Å². The molecule has 3 aromatic rings. The molecule has 1 aromatic carbocycles. The predicted molar refractivity (Wildman–Crippen MR) is 153 cm³/mol. The SMILES string of the molecule is CC(Nc1nc(Cl)nc2ccccc12)C(=O)N(C)C(CC1CC1)C(=O)N1CC2(CC1C#N)Oc1cccnc1NC2=O. The molecule has 42 heavy (non-hydrogen) atoms. The molecule has 1 saturated heterocycles. The summed E-state index contributed by atoms with van der Waals surface area (Å²) in [4.78, 5) is 56.5. The van der Waals surface area contributed by atoms with Crippen molar-refractivity contribution in [3.8, 4) is 11.8 Å². The number of nitrogens with one attached hydrogen (secondary N) is 2. The van der Waals surface area contributed by atoms with Crippen molar-refractivity contribution in [2.24, 2.45) is 5.92 Å². The van der Waals surface area contributed by atoms with E-state index < -0.39 is 35.5 Å². The van der Waals surface area contributed by atoms with E-state index in [-0.39, 0.29) is 24.2 Å². The molecule has 6 rings (SSSR count). The van der Waals surface area contributed by atoms with Crippen LogP contribution in [0.1, 0.15) is 32.6 Å². The molecule has 1 saturated carbocycles. The van der Waals surface area contributed by atoms with E-state index >= 15 is 0 Å². The van der Waals surface area contributed by atoms with Crippen molar-refractivity contribution in [3.63, 3.8) is 0 Å². The van der Waals surface area contributed by atoms with Crippen molar-refractivity contribution in [1.29, 1.82) is 5.26 Å². The Morgan fingerprint density at radius 2 is 2.07 bits per heavy atom. The Morgan fingerprint density at radius 1 is 1.29 bits per heavy atom. The van der Waals surface area contributed by atoms with Crippen LogP contribution in [0.2, 0.25) is 5.28 Å². The number of para-hydroxylation sites is 1. The number of ether oxygens (including phenoxy) is 1. The number of likely N-dealkylation sites (tertiary alicyclic amines) is 1. The standard InChI is InChI=1S/C29H29ClN8O4/c1-16(33-23-19-6-3-4-7-20(19)34-28(30)36-23)25(39)37(2)21(12-17-9-10-17)26(40)38-15-29(13-18(38)14-31)27(41)35-24-22(42-29)8-5-11-32-24/h3-8,11,16-18,21H,9-10,12-13,15H2,1-2H3,(H,32,35,41)(H,33,34,36). The van der Waals surface area contributed by atoms with Gasteiger partial charge in [-0.15, -0.1) is 0 Å². The van der Waals surface area contributed by atoms with Crippen molar-refractivity contribution in [2.45, 2.75) is 56.3 Å². The maximum Gasteiger partial charge on any atom is 0.271 e. The van der Waals surface area contributed by atoms with E-state index in [1.165, 1.54) is 16.0 Å². The van der Waals surface area contributed by atoms with Gasteiger partial charge in [-0.25, -0.2) is 15.0 Å². The minimum absolute atomic E-state index is 0.00270. The number of likely N-dealkylation sites (N-methyl/N-ethyl adjacent to an activating group) is 1. The van der Waals surface area contributed by atoms with Gasteiger partial charge in [0.2, 0.25) is 22.7 Å². The normalized spacial score (nSPS) is 22.5. The highest BCUT2D eigenvalue weighted by Crippen LogP contribution is 2.41. The highest BCUT2D eigenvalue weighted by atomic mass is 35.5. The highest BCUT2D eigenvalue weighted by Gasteiger charge is 2.56. The van der Waals surface area contributed by atoms with E-state index in [1.807, 2.05) is 18.2 Å². The predicted octanol–water partition coefficient (Wildman–Crippen LogP) is 3.00. The third kappa shape index (κ3) is 5.05. The summed E-state index contributed by atoms with van der Waals surface area (Å²) in [6, 6.07) is 10.3.